The highest BCUT2D eigenvalue weighted by Gasteiger charge is 2.29. The maximum Gasteiger partial charge on any atom is 0.216 e. The van der Waals surface area contributed by atoms with Crippen LogP contribution in [-0.4, -0.2) is 25.8 Å². The Balaban J connectivity index is 4.28. The van der Waals surface area contributed by atoms with Gasteiger partial charge in [-0.1, -0.05) is 20.8 Å². The Morgan fingerprint density at radius 1 is 1.12 bits per heavy atom. The Bertz CT molecular complexity index is 310. The highest BCUT2D eigenvalue weighted by molar-refractivity contribution is 7.90. The topological polar surface area (TPSA) is 72.2 Å². The average molecular weight is 250 g/mol. The van der Waals surface area contributed by atoms with E-state index in [4.69, 9.17) is 5.73 Å². The van der Waals surface area contributed by atoms with E-state index in [1.807, 2.05) is 0 Å². The fraction of sp³-hybridized carbons (Fsp3) is 1.00. The number of nitrogens with one attached hydrogen (secondary N) is 1. The van der Waals surface area contributed by atoms with Gasteiger partial charge in [-0.15, -0.1) is 0 Å². The molecule has 98 valence electrons. The SMILES string of the molecule is CC(C)(C)CC(N)CNS(=O)(=O)C(C)(C)C. The minimum Gasteiger partial charge on any atom is -0.326 e. The Morgan fingerprint density at radius 3 is 1.88 bits per heavy atom. The fourth-order valence-electron chi connectivity index (χ4n) is 1.29. The average Bonchev–Trinajstić information content (AvgIpc) is 1.95. The van der Waals surface area contributed by atoms with Crippen LogP contribution in [0.25, 0.3) is 0 Å². The molecule has 0 bridgehead atoms. The molecule has 3 N–H and O–H groups in total. The largest absolute Gasteiger partial charge is 0.326 e. The third-order valence-corrected chi connectivity index (χ3v) is 4.38. The molecule has 16 heavy (non-hydrogen) atoms. The lowest BCUT2D eigenvalue weighted by Crippen LogP contribution is -2.45. The van der Waals surface area contributed by atoms with Crippen LogP contribution in [-0.2, 0) is 10.0 Å². The first kappa shape index (κ1) is 15.9. The number of hydrogen-bond acceptors (Lipinski definition) is 3. The molecule has 0 rings (SSSR count). The summed E-state index contributed by atoms with van der Waals surface area (Å²) in [5, 5.41) is 0. The van der Waals surface area contributed by atoms with Crippen molar-refractivity contribution in [3.05, 3.63) is 0 Å². The van der Waals surface area contributed by atoms with Crippen molar-refractivity contribution in [2.75, 3.05) is 6.54 Å². The van der Waals surface area contributed by atoms with Gasteiger partial charge in [-0.25, -0.2) is 13.1 Å². The van der Waals surface area contributed by atoms with E-state index in [9.17, 15) is 8.42 Å². The van der Waals surface area contributed by atoms with Crippen LogP contribution in [0.2, 0.25) is 0 Å². The molecule has 0 aromatic carbocycles. The predicted octanol–water partition coefficient (Wildman–Crippen LogP) is 1.47. The minimum atomic E-state index is -3.28. The molecule has 0 saturated carbocycles. The third kappa shape index (κ3) is 5.82. The van der Waals surface area contributed by atoms with Crippen molar-refractivity contribution in [3.63, 3.8) is 0 Å². The number of nitrogens with two attached hydrogens (primary N) is 1. The van der Waals surface area contributed by atoms with Crippen LogP contribution in [0.5, 0.6) is 0 Å². The lowest BCUT2D eigenvalue weighted by Gasteiger charge is -2.25. The van der Waals surface area contributed by atoms with Gasteiger partial charge in [-0.2, -0.15) is 0 Å². The lowest BCUT2D eigenvalue weighted by atomic mass is 9.88. The van der Waals surface area contributed by atoms with E-state index in [2.05, 4.69) is 25.5 Å². The van der Waals surface area contributed by atoms with Crippen LogP contribution in [0.4, 0.5) is 0 Å². The summed E-state index contributed by atoms with van der Waals surface area (Å²) in [6, 6.07) is -0.142. The Morgan fingerprint density at radius 2 is 1.56 bits per heavy atom. The molecule has 1 unspecified atom stereocenters. The summed E-state index contributed by atoms with van der Waals surface area (Å²) < 4.78 is 25.3. The van der Waals surface area contributed by atoms with Gasteiger partial charge >= 0.3 is 0 Å². The summed E-state index contributed by atoms with van der Waals surface area (Å²) in [7, 11) is -3.28. The highest BCUT2D eigenvalue weighted by atomic mass is 32.2. The highest BCUT2D eigenvalue weighted by Crippen LogP contribution is 2.20. The first-order valence-electron chi connectivity index (χ1n) is 5.60. The smallest absolute Gasteiger partial charge is 0.216 e. The molecule has 0 amide bonds. The molecular formula is C11H26N2O2S. The molecule has 4 nitrogen and oxygen atoms in total. The molecule has 5 heteroatoms. The molecule has 0 aromatic heterocycles. The lowest BCUT2D eigenvalue weighted by molar-refractivity contribution is 0.338. The molecule has 0 fully saturated rings. The predicted molar refractivity (Wildman–Crippen MR) is 68.7 cm³/mol. The maximum atomic E-state index is 11.8. The first-order chi connectivity index (χ1) is 6.85. The summed E-state index contributed by atoms with van der Waals surface area (Å²) in [6.45, 7) is 11.6. The second kappa shape index (κ2) is 5.02. The second-order valence-electron chi connectivity index (χ2n) is 6.49. The van der Waals surface area contributed by atoms with Crippen molar-refractivity contribution in [2.45, 2.75) is 58.8 Å². The van der Waals surface area contributed by atoms with E-state index >= 15 is 0 Å². The van der Waals surface area contributed by atoms with Gasteiger partial charge in [0.2, 0.25) is 10.0 Å². The number of sulfonamides is 1. The number of rotatable bonds is 4. The van der Waals surface area contributed by atoms with Gasteiger partial charge in [0, 0.05) is 12.6 Å². The van der Waals surface area contributed by atoms with Gasteiger partial charge in [0.15, 0.2) is 0 Å². The summed E-state index contributed by atoms with van der Waals surface area (Å²) >= 11 is 0. The van der Waals surface area contributed by atoms with Crippen molar-refractivity contribution in [3.8, 4) is 0 Å². The van der Waals surface area contributed by atoms with Crippen molar-refractivity contribution in [1.29, 1.82) is 0 Å². The van der Waals surface area contributed by atoms with Crippen LogP contribution >= 0.6 is 0 Å². The van der Waals surface area contributed by atoms with E-state index in [0.29, 0.717) is 6.54 Å². The quantitative estimate of drug-likeness (QED) is 0.793. The van der Waals surface area contributed by atoms with Crippen molar-refractivity contribution in [1.82, 2.24) is 4.72 Å². The summed E-state index contributed by atoms with van der Waals surface area (Å²) in [5.74, 6) is 0. The summed E-state index contributed by atoms with van der Waals surface area (Å²) in [5.41, 5.74) is 6.00. The van der Waals surface area contributed by atoms with Crippen molar-refractivity contribution >= 4 is 10.0 Å². The zero-order chi connectivity index (χ0) is 13.2. The standard InChI is InChI=1S/C11H26N2O2S/c1-10(2,3)7-9(12)8-13-16(14,15)11(4,5)6/h9,13H,7-8,12H2,1-6H3. The molecule has 0 aromatic rings. The Hall–Kier alpha value is -0.130. The summed E-state index contributed by atoms with van der Waals surface area (Å²) in [6.07, 6.45) is 0.791. The van der Waals surface area contributed by atoms with Crippen LogP contribution in [0.3, 0.4) is 0 Å². The van der Waals surface area contributed by atoms with Crippen LogP contribution < -0.4 is 10.5 Å². The molecule has 0 aliphatic carbocycles. The Labute approximate surface area is 100 Å². The molecule has 0 aliphatic rings. The normalized spacial score (nSPS) is 16.2. The van der Waals surface area contributed by atoms with Gasteiger partial charge in [0.05, 0.1) is 4.75 Å². The molecule has 0 heterocycles. The fourth-order valence-corrected chi connectivity index (χ4v) is 2.16. The summed E-state index contributed by atoms with van der Waals surface area (Å²) in [4.78, 5) is 0. The molecule has 0 saturated heterocycles. The van der Waals surface area contributed by atoms with Gasteiger partial charge in [0.25, 0.3) is 0 Å². The van der Waals surface area contributed by atoms with E-state index < -0.39 is 14.8 Å². The van der Waals surface area contributed by atoms with Crippen molar-refractivity contribution in [2.24, 2.45) is 11.1 Å². The molecular weight excluding hydrogens is 224 g/mol. The molecule has 1 atom stereocenters. The minimum absolute atomic E-state index is 0.118. The zero-order valence-corrected chi connectivity index (χ0v) is 12.1. The number of hydrogen-bond donors (Lipinski definition) is 2. The van der Waals surface area contributed by atoms with Gasteiger partial charge in [-0.05, 0) is 32.6 Å². The van der Waals surface area contributed by atoms with Crippen molar-refractivity contribution < 1.29 is 8.42 Å². The third-order valence-electron chi connectivity index (χ3n) is 2.22. The van der Waals surface area contributed by atoms with Crippen LogP contribution in [0.1, 0.15) is 48.0 Å². The molecule has 0 aliphatic heterocycles. The van der Waals surface area contributed by atoms with E-state index in [1.165, 1.54) is 0 Å². The maximum absolute atomic E-state index is 11.8. The van der Waals surface area contributed by atoms with Gasteiger partial charge in [0.1, 0.15) is 0 Å². The molecule has 0 radical (unpaired) electrons. The molecule has 0 spiro atoms. The van der Waals surface area contributed by atoms with Crippen LogP contribution in [0, 0.1) is 5.41 Å². The Kier molecular flexibility index (Phi) is 4.98. The zero-order valence-electron chi connectivity index (χ0n) is 11.3. The monoisotopic (exact) mass is 250 g/mol. The van der Waals surface area contributed by atoms with Gasteiger partial charge in [-0.3, -0.25) is 0 Å². The van der Waals surface area contributed by atoms with E-state index in [1.54, 1.807) is 20.8 Å². The van der Waals surface area contributed by atoms with Crippen LogP contribution in [0.15, 0.2) is 0 Å². The van der Waals surface area contributed by atoms with E-state index in [-0.39, 0.29) is 11.5 Å². The first-order valence-corrected chi connectivity index (χ1v) is 7.08. The van der Waals surface area contributed by atoms with E-state index in [0.717, 1.165) is 6.42 Å². The van der Waals surface area contributed by atoms with Gasteiger partial charge < -0.3 is 5.73 Å². The second-order valence-corrected chi connectivity index (χ2v) is 9.01.